The number of carbonyl (C=O) groups excluding carboxylic acids is 1. The molecule has 1 aromatic heterocycles. The molecule has 6 nitrogen and oxygen atoms in total. The fraction of sp³-hybridized carbons (Fsp3) is 0.500. The number of nitrogens with zero attached hydrogens (tertiary/aromatic N) is 3. The summed E-state index contributed by atoms with van der Waals surface area (Å²) in [7, 11) is 1.56. The fourth-order valence-corrected chi connectivity index (χ4v) is 3.80. The van der Waals surface area contributed by atoms with E-state index in [1.807, 2.05) is 23.1 Å². The van der Waals surface area contributed by atoms with Crippen LogP contribution in [0, 0.1) is 0 Å². The van der Waals surface area contributed by atoms with Gasteiger partial charge in [0.25, 0.3) is 0 Å². The molecule has 1 fully saturated rings. The number of amides is 1. The van der Waals surface area contributed by atoms with Crippen LogP contribution in [-0.2, 0) is 16.1 Å². The summed E-state index contributed by atoms with van der Waals surface area (Å²) in [6.45, 7) is 4.22. The second-order valence-electron chi connectivity index (χ2n) is 5.74. The van der Waals surface area contributed by atoms with Crippen LogP contribution in [0.15, 0.2) is 24.3 Å². The number of thiazole rings is 1. The van der Waals surface area contributed by atoms with Crippen LogP contribution in [0.5, 0.6) is 0 Å². The molecule has 24 heavy (non-hydrogen) atoms. The number of ether oxygens (including phenoxy) is 1. The lowest BCUT2D eigenvalue weighted by Gasteiger charge is -2.35. The number of hydrogen-bond acceptors (Lipinski definition) is 6. The van der Waals surface area contributed by atoms with Gasteiger partial charge >= 0.3 is 0 Å². The number of aromatic nitrogens is 1. The molecule has 1 unspecified atom stereocenters. The van der Waals surface area contributed by atoms with Crippen LogP contribution in [0.4, 0.5) is 0 Å². The van der Waals surface area contributed by atoms with Crippen LogP contribution in [0.3, 0.4) is 0 Å². The standard InChI is InChI=1S/C16H22N4O2S.ClH/c1-22-11-12(17)16(21)20-8-6-19(7-9-20)10-15-18-13-4-2-3-5-14(13)23-15;/h2-5,12H,6-11,17H2,1H3;1H. The van der Waals surface area contributed by atoms with Gasteiger partial charge in [-0.3, -0.25) is 9.69 Å². The largest absolute Gasteiger partial charge is 0.383 e. The quantitative estimate of drug-likeness (QED) is 0.859. The van der Waals surface area contributed by atoms with E-state index >= 15 is 0 Å². The second kappa shape index (κ2) is 8.73. The van der Waals surface area contributed by atoms with Gasteiger partial charge in [0.1, 0.15) is 11.0 Å². The molecule has 8 heteroatoms. The number of fused-ring (bicyclic) bond motifs is 1. The molecule has 2 heterocycles. The fourth-order valence-electron chi connectivity index (χ4n) is 2.79. The highest BCUT2D eigenvalue weighted by Crippen LogP contribution is 2.23. The predicted octanol–water partition coefficient (Wildman–Crippen LogP) is 1.34. The summed E-state index contributed by atoms with van der Waals surface area (Å²) in [6, 6.07) is 7.64. The topological polar surface area (TPSA) is 71.7 Å². The first-order valence-electron chi connectivity index (χ1n) is 7.77. The van der Waals surface area contributed by atoms with Crippen LogP contribution >= 0.6 is 23.7 Å². The summed E-state index contributed by atoms with van der Waals surface area (Å²) in [6.07, 6.45) is 0. The summed E-state index contributed by atoms with van der Waals surface area (Å²) in [5.41, 5.74) is 6.88. The third kappa shape index (κ3) is 4.43. The van der Waals surface area contributed by atoms with Gasteiger partial charge in [0.15, 0.2) is 0 Å². The zero-order chi connectivity index (χ0) is 16.2. The first-order chi connectivity index (χ1) is 11.2. The third-order valence-corrected chi connectivity index (χ3v) is 5.07. The van der Waals surface area contributed by atoms with Crippen LogP contribution in [0.2, 0.25) is 0 Å². The number of methoxy groups -OCH3 is 1. The maximum absolute atomic E-state index is 12.2. The number of halogens is 1. The molecule has 3 rings (SSSR count). The third-order valence-electron chi connectivity index (χ3n) is 4.04. The number of para-hydroxylation sites is 1. The predicted molar refractivity (Wildman–Crippen MR) is 98.6 cm³/mol. The first-order valence-corrected chi connectivity index (χ1v) is 8.59. The Labute approximate surface area is 152 Å². The van der Waals surface area contributed by atoms with Gasteiger partial charge in [-0.25, -0.2) is 4.98 Å². The molecule has 1 aliphatic rings. The number of benzene rings is 1. The molecular formula is C16H23ClN4O2S. The second-order valence-corrected chi connectivity index (χ2v) is 6.85. The van der Waals surface area contributed by atoms with Gasteiger partial charge in [-0.1, -0.05) is 12.1 Å². The Morgan fingerprint density at radius 3 is 2.71 bits per heavy atom. The van der Waals surface area contributed by atoms with E-state index < -0.39 is 6.04 Å². The molecule has 1 amide bonds. The highest BCUT2D eigenvalue weighted by Gasteiger charge is 2.25. The maximum atomic E-state index is 12.2. The molecule has 2 N–H and O–H groups in total. The monoisotopic (exact) mass is 370 g/mol. The van der Waals surface area contributed by atoms with E-state index in [0.717, 1.165) is 30.2 Å². The highest BCUT2D eigenvalue weighted by atomic mass is 35.5. The van der Waals surface area contributed by atoms with Crippen LogP contribution < -0.4 is 5.73 Å². The SMILES string of the molecule is COCC(N)C(=O)N1CCN(Cc2nc3ccccc3s2)CC1.Cl. The van der Waals surface area contributed by atoms with Crippen molar-refractivity contribution < 1.29 is 9.53 Å². The van der Waals surface area contributed by atoms with Crippen molar-refractivity contribution in [3.8, 4) is 0 Å². The van der Waals surface area contributed by atoms with Crippen LogP contribution in [-0.4, -0.2) is 66.6 Å². The van der Waals surface area contributed by atoms with Gasteiger partial charge in [-0.05, 0) is 12.1 Å². The molecule has 0 aliphatic carbocycles. The van der Waals surface area contributed by atoms with Crippen molar-refractivity contribution >= 4 is 39.9 Å². The van der Waals surface area contributed by atoms with E-state index in [0.29, 0.717) is 13.1 Å². The number of nitrogens with two attached hydrogens (primary N) is 1. The molecule has 0 bridgehead atoms. The van der Waals surface area contributed by atoms with Crippen molar-refractivity contribution in [2.75, 3.05) is 39.9 Å². The minimum atomic E-state index is -0.559. The van der Waals surface area contributed by atoms with Crippen LogP contribution in [0.25, 0.3) is 10.2 Å². The van der Waals surface area contributed by atoms with E-state index in [1.54, 1.807) is 18.4 Å². The average molecular weight is 371 g/mol. The Balaban J connectivity index is 0.00000208. The Bertz CT molecular complexity index is 640. The molecule has 0 saturated carbocycles. The van der Waals surface area contributed by atoms with Crippen molar-refractivity contribution in [3.63, 3.8) is 0 Å². The normalized spacial score (nSPS) is 16.8. The molecule has 1 atom stereocenters. The lowest BCUT2D eigenvalue weighted by Crippen LogP contribution is -2.53. The van der Waals surface area contributed by atoms with E-state index in [4.69, 9.17) is 10.5 Å². The molecule has 0 radical (unpaired) electrons. The first kappa shape index (κ1) is 19.1. The number of rotatable bonds is 5. The number of hydrogen-bond donors (Lipinski definition) is 1. The van der Waals surface area contributed by atoms with Crippen molar-refractivity contribution in [2.45, 2.75) is 12.6 Å². The number of carbonyl (C=O) groups is 1. The van der Waals surface area contributed by atoms with Crippen molar-refractivity contribution in [1.29, 1.82) is 0 Å². The van der Waals surface area contributed by atoms with E-state index in [9.17, 15) is 4.79 Å². The molecular weight excluding hydrogens is 348 g/mol. The summed E-state index contributed by atoms with van der Waals surface area (Å²) in [5, 5.41) is 1.13. The Hall–Kier alpha value is -1.25. The minimum absolute atomic E-state index is 0. The minimum Gasteiger partial charge on any atom is -0.383 e. The van der Waals surface area contributed by atoms with Gasteiger partial charge in [0, 0.05) is 33.3 Å². The lowest BCUT2D eigenvalue weighted by atomic mass is 10.2. The Morgan fingerprint density at radius 2 is 2.04 bits per heavy atom. The van der Waals surface area contributed by atoms with E-state index in [-0.39, 0.29) is 24.9 Å². The molecule has 1 saturated heterocycles. The summed E-state index contributed by atoms with van der Waals surface area (Å²) >= 11 is 1.74. The molecule has 1 aromatic carbocycles. The molecule has 0 spiro atoms. The van der Waals surface area contributed by atoms with E-state index in [1.165, 1.54) is 4.70 Å². The van der Waals surface area contributed by atoms with Crippen molar-refractivity contribution in [1.82, 2.24) is 14.8 Å². The summed E-state index contributed by atoms with van der Waals surface area (Å²) < 4.78 is 6.18. The summed E-state index contributed by atoms with van der Waals surface area (Å²) in [5.74, 6) is -0.0218. The van der Waals surface area contributed by atoms with Crippen molar-refractivity contribution in [2.24, 2.45) is 5.73 Å². The molecule has 2 aromatic rings. The number of piperazine rings is 1. The van der Waals surface area contributed by atoms with Gasteiger partial charge in [0.05, 0.1) is 23.4 Å². The van der Waals surface area contributed by atoms with Gasteiger partial charge in [0.2, 0.25) is 5.91 Å². The van der Waals surface area contributed by atoms with E-state index in [2.05, 4.69) is 16.0 Å². The smallest absolute Gasteiger partial charge is 0.241 e. The van der Waals surface area contributed by atoms with Gasteiger partial charge in [-0.15, -0.1) is 23.7 Å². The van der Waals surface area contributed by atoms with Crippen LogP contribution in [0.1, 0.15) is 5.01 Å². The average Bonchev–Trinajstić information content (AvgIpc) is 2.97. The zero-order valence-corrected chi connectivity index (χ0v) is 15.3. The van der Waals surface area contributed by atoms with Gasteiger partial charge < -0.3 is 15.4 Å². The summed E-state index contributed by atoms with van der Waals surface area (Å²) in [4.78, 5) is 21.0. The van der Waals surface area contributed by atoms with Gasteiger partial charge in [-0.2, -0.15) is 0 Å². The Kier molecular flexibility index (Phi) is 6.94. The highest BCUT2D eigenvalue weighted by molar-refractivity contribution is 7.18. The lowest BCUT2D eigenvalue weighted by molar-refractivity contribution is -0.135. The maximum Gasteiger partial charge on any atom is 0.241 e. The van der Waals surface area contributed by atoms with Crippen molar-refractivity contribution in [3.05, 3.63) is 29.3 Å². The molecule has 1 aliphatic heterocycles. The molecule has 132 valence electrons. The zero-order valence-electron chi connectivity index (χ0n) is 13.7. The Morgan fingerprint density at radius 1 is 1.33 bits per heavy atom.